The van der Waals surface area contributed by atoms with Gasteiger partial charge < -0.3 is 14.2 Å². The van der Waals surface area contributed by atoms with Crippen LogP contribution >= 0.6 is 0 Å². The molecule has 2 aromatic heterocycles. The van der Waals surface area contributed by atoms with Crippen molar-refractivity contribution in [3.8, 4) is 0 Å². The molecular formula is C18H19N3O. The lowest BCUT2D eigenvalue weighted by Crippen LogP contribution is -2.30. The predicted molar refractivity (Wildman–Crippen MR) is 89.7 cm³/mol. The topological polar surface area (TPSA) is 32.5 Å². The molecule has 0 unspecified atom stereocenters. The summed E-state index contributed by atoms with van der Waals surface area (Å²) in [6, 6.07) is 10.9. The Morgan fingerprint density at radius 1 is 1.09 bits per heavy atom. The van der Waals surface area contributed by atoms with Crippen molar-refractivity contribution in [2.45, 2.75) is 26.8 Å². The minimum absolute atomic E-state index is 0.487. The van der Waals surface area contributed by atoms with E-state index >= 15 is 0 Å². The number of fused-ring (bicyclic) bond motifs is 3. The summed E-state index contributed by atoms with van der Waals surface area (Å²) in [5.74, 6) is 0. The zero-order chi connectivity index (χ0) is 15.3. The van der Waals surface area contributed by atoms with E-state index in [-0.39, 0.29) is 0 Å². The zero-order valence-electron chi connectivity index (χ0n) is 13.1. The van der Waals surface area contributed by atoms with Crippen LogP contribution < -0.4 is 4.90 Å². The fourth-order valence-corrected chi connectivity index (χ4v) is 2.91. The van der Waals surface area contributed by atoms with E-state index in [1.807, 2.05) is 13.0 Å². The van der Waals surface area contributed by atoms with Crippen molar-refractivity contribution in [1.82, 2.24) is 9.88 Å². The highest BCUT2D eigenvalue weighted by molar-refractivity contribution is 6.08. The van der Waals surface area contributed by atoms with Crippen LogP contribution in [0.3, 0.4) is 0 Å². The first-order valence-corrected chi connectivity index (χ1v) is 7.63. The van der Waals surface area contributed by atoms with Crippen molar-refractivity contribution in [3.63, 3.8) is 0 Å². The molecule has 3 aromatic rings. The van der Waals surface area contributed by atoms with Crippen LogP contribution in [0, 0.1) is 6.92 Å². The summed E-state index contributed by atoms with van der Waals surface area (Å²) in [7, 11) is 0. The minimum atomic E-state index is 0.487. The first-order chi connectivity index (χ1) is 10.6. The van der Waals surface area contributed by atoms with Crippen molar-refractivity contribution < 1.29 is 4.42 Å². The molecule has 0 fully saturated rings. The number of anilines is 1. The molecule has 0 saturated heterocycles. The Morgan fingerprint density at radius 3 is 2.73 bits per heavy atom. The van der Waals surface area contributed by atoms with E-state index < -0.39 is 0 Å². The lowest BCUT2D eigenvalue weighted by Gasteiger charge is -2.24. The van der Waals surface area contributed by atoms with Crippen LogP contribution in [0.5, 0.6) is 0 Å². The SMILES string of the molecule is Cc1ccc2c(n1)oc1c(N3C=CN(C(C)C)C3)cccc12. The third-order valence-electron chi connectivity index (χ3n) is 4.21. The van der Waals surface area contributed by atoms with Gasteiger partial charge in [-0.3, -0.25) is 0 Å². The normalized spacial score (nSPS) is 14.9. The molecule has 112 valence electrons. The molecule has 0 aliphatic carbocycles. The van der Waals surface area contributed by atoms with Gasteiger partial charge in [-0.05, 0) is 39.0 Å². The second-order valence-electron chi connectivity index (χ2n) is 6.08. The van der Waals surface area contributed by atoms with E-state index in [0.717, 1.165) is 34.4 Å². The quantitative estimate of drug-likeness (QED) is 0.707. The van der Waals surface area contributed by atoms with Gasteiger partial charge in [0.1, 0.15) is 0 Å². The Balaban J connectivity index is 1.85. The van der Waals surface area contributed by atoms with E-state index in [1.54, 1.807) is 0 Å². The molecule has 0 atom stereocenters. The highest BCUT2D eigenvalue weighted by atomic mass is 16.3. The fraction of sp³-hybridized carbons (Fsp3) is 0.278. The number of furan rings is 1. The molecule has 4 heteroatoms. The van der Waals surface area contributed by atoms with Gasteiger partial charge in [-0.1, -0.05) is 12.1 Å². The van der Waals surface area contributed by atoms with Crippen molar-refractivity contribution in [2.24, 2.45) is 0 Å². The predicted octanol–water partition coefficient (Wildman–Crippen LogP) is 4.25. The van der Waals surface area contributed by atoms with E-state index in [1.165, 1.54) is 0 Å². The summed E-state index contributed by atoms with van der Waals surface area (Å²) in [5, 5.41) is 2.20. The van der Waals surface area contributed by atoms with Crippen LogP contribution in [0.15, 0.2) is 47.1 Å². The lowest BCUT2D eigenvalue weighted by atomic mass is 10.1. The highest BCUT2D eigenvalue weighted by Gasteiger charge is 2.20. The van der Waals surface area contributed by atoms with Gasteiger partial charge in [-0.15, -0.1) is 0 Å². The number of aryl methyl sites for hydroxylation is 1. The summed E-state index contributed by atoms with van der Waals surface area (Å²) in [6.45, 7) is 7.22. The van der Waals surface area contributed by atoms with Gasteiger partial charge in [0.25, 0.3) is 0 Å². The first kappa shape index (κ1) is 13.2. The van der Waals surface area contributed by atoms with Gasteiger partial charge in [-0.2, -0.15) is 0 Å². The van der Waals surface area contributed by atoms with Gasteiger partial charge in [-0.25, -0.2) is 4.98 Å². The third kappa shape index (κ3) is 1.95. The van der Waals surface area contributed by atoms with Crippen molar-refractivity contribution in [1.29, 1.82) is 0 Å². The van der Waals surface area contributed by atoms with Crippen molar-refractivity contribution in [2.75, 3.05) is 11.6 Å². The van der Waals surface area contributed by atoms with Crippen LogP contribution in [0.25, 0.3) is 22.1 Å². The molecule has 4 rings (SSSR count). The molecule has 1 aliphatic rings. The van der Waals surface area contributed by atoms with E-state index in [2.05, 4.69) is 65.3 Å². The molecule has 22 heavy (non-hydrogen) atoms. The summed E-state index contributed by atoms with van der Waals surface area (Å²) < 4.78 is 6.07. The Bertz CT molecular complexity index is 879. The molecular weight excluding hydrogens is 274 g/mol. The minimum Gasteiger partial charge on any atom is -0.435 e. The zero-order valence-corrected chi connectivity index (χ0v) is 13.1. The summed E-state index contributed by atoms with van der Waals surface area (Å²) in [4.78, 5) is 9.03. The van der Waals surface area contributed by atoms with Gasteiger partial charge in [0.15, 0.2) is 5.58 Å². The van der Waals surface area contributed by atoms with E-state index in [9.17, 15) is 0 Å². The molecule has 1 aliphatic heterocycles. The van der Waals surface area contributed by atoms with Crippen molar-refractivity contribution in [3.05, 3.63) is 48.4 Å². The summed E-state index contributed by atoms with van der Waals surface area (Å²) in [5.41, 5.74) is 3.69. The smallest absolute Gasteiger partial charge is 0.227 e. The standard InChI is InChI=1S/C18H19N3O/c1-12(2)20-9-10-21(11-20)16-6-4-5-14-15-8-7-13(3)19-18(15)22-17(14)16/h4-10,12H,11H2,1-3H3. The maximum Gasteiger partial charge on any atom is 0.227 e. The molecule has 0 bridgehead atoms. The van der Waals surface area contributed by atoms with Crippen LogP contribution in [-0.2, 0) is 0 Å². The van der Waals surface area contributed by atoms with Gasteiger partial charge in [0.2, 0.25) is 5.71 Å². The van der Waals surface area contributed by atoms with E-state index in [4.69, 9.17) is 4.42 Å². The molecule has 0 N–H and O–H groups in total. The summed E-state index contributed by atoms with van der Waals surface area (Å²) >= 11 is 0. The Kier molecular flexibility index (Phi) is 2.86. The van der Waals surface area contributed by atoms with Gasteiger partial charge in [0, 0.05) is 34.9 Å². The number of pyridine rings is 1. The lowest BCUT2D eigenvalue weighted by molar-refractivity contribution is 0.336. The Hall–Kier alpha value is -2.49. The highest BCUT2D eigenvalue weighted by Crippen LogP contribution is 2.35. The first-order valence-electron chi connectivity index (χ1n) is 7.63. The number of nitrogens with zero attached hydrogens (tertiary/aromatic N) is 3. The summed E-state index contributed by atoms with van der Waals surface area (Å²) in [6.07, 6.45) is 4.25. The van der Waals surface area contributed by atoms with Crippen LogP contribution in [0.1, 0.15) is 19.5 Å². The van der Waals surface area contributed by atoms with Crippen molar-refractivity contribution >= 4 is 27.8 Å². The average molecular weight is 293 g/mol. The number of aromatic nitrogens is 1. The Labute approximate surface area is 129 Å². The van der Waals surface area contributed by atoms with E-state index in [0.29, 0.717) is 11.8 Å². The average Bonchev–Trinajstić information content (AvgIpc) is 3.10. The molecule has 0 saturated carbocycles. The largest absolute Gasteiger partial charge is 0.435 e. The second-order valence-corrected chi connectivity index (χ2v) is 6.08. The van der Waals surface area contributed by atoms with Crippen LogP contribution in [-0.4, -0.2) is 22.6 Å². The second kappa shape index (κ2) is 4.77. The maximum atomic E-state index is 6.07. The monoisotopic (exact) mass is 293 g/mol. The molecule has 0 radical (unpaired) electrons. The number of para-hydroxylation sites is 1. The van der Waals surface area contributed by atoms with Crippen LogP contribution in [0.2, 0.25) is 0 Å². The van der Waals surface area contributed by atoms with Crippen LogP contribution in [0.4, 0.5) is 5.69 Å². The molecule has 3 heterocycles. The number of rotatable bonds is 2. The number of hydrogen-bond acceptors (Lipinski definition) is 4. The number of benzene rings is 1. The molecule has 1 aromatic carbocycles. The molecule has 4 nitrogen and oxygen atoms in total. The van der Waals surface area contributed by atoms with Gasteiger partial charge >= 0.3 is 0 Å². The number of hydrogen-bond donors (Lipinski definition) is 0. The molecule has 0 amide bonds. The fourth-order valence-electron chi connectivity index (χ4n) is 2.91. The third-order valence-corrected chi connectivity index (χ3v) is 4.21. The maximum absolute atomic E-state index is 6.07. The molecule has 0 spiro atoms. The van der Waals surface area contributed by atoms with Gasteiger partial charge in [0.05, 0.1) is 12.4 Å². The Morgan fingerprint density at radius 2 is 1.95 bits per heavy atom.